The SMILES string of the molecule is CNCc1ccc(S(=O)(=O)NCC(C2CC2)C2CC2)nc1. The number of nitrogens with one attached hydrogen (secondary N) is 2. The van der Waals surface area contributed by atoms with Crippen LogP contribution in [-0.2, 0) is 16.6 Å². The molecule has 5 nitrogen and oxygen atoms in total. The van der Waals surface area contributed by atoms with Crippen molar-refractivity contribution in [2.24, 2.45) is 17.8 Å². The lowest BCUT2D eigenvalue weighted by atomic mass is 9.99. The van der Waals surface area contributed by atoms with E-state index < -0.39 is 10.0 Å². The van der Waals surface area contributed by atoms with E-state index in [1.807, 2.05) is 7.05 Å². The Hall–Kier alpha value is -0.980. The largest absolute Gasteiger partial charge is 0.316 e. The van der Waals surface area contributed by atoms with Gasteiger partial charge in [-0.1, -0.05) is 6.07 Å². The monoisotopic (exact) mass is 309 g/mol. The van der Waals surface area contributed by atoms with Crippen LogP contribution in [0.15, 0.2) is 23.4 Å². The van der Waals surface area contributed by atoms with Crippen LogP contribution in [0.3, 0.4) is 0 Å². The Morgan fingerprint density at radius 2 is 1.90 bits per heavy atom. The van der Waals surface area contributed by atoms with Crippen molar-refractivity contribution in [3.8, 4) is 0 Å². The molecule has 0 unspecified atom stereocenters. The Kier molecular flexibility index (Phi) is 4.28. The first-order valence-electron chi connectivity index (χ1n) is 7.69. The van der Waals surface area contributed by atoms with E-state index >= 15 is 0 Å². The summed E-state index contributed by atoms with van der Waals surface area (Å²) < 4.78 is 27.4. The van der Waals surface area contributed by atoms with E-state index in [-0.39, 0.29) is 5.03 Å². The van der Waals surface area contributed by atoms with Crippen LogP contribution < -0.4 is 10.0 Å². The molecule has 0 saturated heterocycles. The van der Waals surface area contributed by atoms with Gasteiger partial charge >= 0.3 is 0 Å². The zero-order chi connectivity index (χ0) is 14.9. The quantitative estimate of drug-likeness (QED) is 0.764. The highest BCUT2D eigenvalue weighted by molar-refractivity contribution is 7.89. The van der Waals surface area contributed by atoms with Gasteiger partial charge in [0, 0.05) is 19.3 Å². The average Bonchev–Trinajstić information content (AvgIpc) is 3.34. The number of aromatic nitrogens is 1. The highest BCUT2D eigenvalue weighted by Crippen LogP contribution is 2.48. The molecule has 0 radical (unpaired) electrons. The van der Waals surface area contributed by atoms with Gasteiger partial charge in [-0.3, -0.25) is 0 Å². The van der Waals surface area contributed by atoms with Gasteiger partial charge in [0.05, 0.1) is 0 Å². The highest BCUT2D eigenvalue weighted by Gasteiger charge is 2.41. The molecule has 0 atom stereocenters. The Morgan fingerprint density at radius 1 is 1.24 bits per heavy atom. The molecule has 2 saturated carbocycles. The molecule has 1 aromatic rings. The van der Waals surface area contributed by atoms with Crippen molar-refractivity contribution in [3.05, 3.63) is 23.9 Å². The number of sulfonamides is 1. The number of rotatable bonds is 8. The predicted octanol–water partition coefficient (Wildman–Crippen LogP) is 1.52. The van der Waals surface area contributed by atoms with E-state index in [1.54, 1.807) is 18.3 Å². The van der Waals surface area contributed by atoms with Crippen LogP contribution in [0.2, 0.25) is 0 Å². The maximum atomic E-state index is 12.3. The molecule has 2 aliphatic rings. The van der Waals surface area contributed by atoms with Gasteiger partial charge in [-0.25, -0.2) is 18.1 Å². The summed E-state index contributed by atoms with van der Waals surface area (Å²) in [5.41, 5.74) is 0.977. The lowest BCUT2D eigenvalue weighted by Crippen LogP contribution is -2.31. The van der Waals surface area contributed by atoms with Crippen molar-refractivity contribution in [1.82, 2.24) is 15.0 Å². The number of nitrogens with zero attached hydrogens (tertiary/aromatic N) is 1. The fraction of sp³-hybridized carbons (Fsp3) is 0.667. The van der Waals surface area contributed by atoms with Gasteiger partial charge in [-0.15, -0.1) is 0 Å². The van der Waals surface area contributed by atoms with Crippen LogP contribution in [0, 0.1) is 17.8 Å². The van der Waals surface area contributed by atoms with Crippen molar-refractivity contribution < 1.29 is 8.42 Å². The molecule has 116 valence electrons. The van der Waals surface area contributed by atoms with Crippen LogP contribution >= 0.6 is 0 Å². The molecule has 21 heavy (non-hydrogen) atoms. The van der Waals surface area contributed by atoms with Crippen LogP contribution in [-0.4, -0.2) is 27.0 Å². The standard InChI is InChI=1S/C15H23N3O2S/c1-16-8-11-2-7-15(17-9-11)21(19,20)18-10-14(12-3-4-12)13-5-6-13/h2,7,9,12-14,16,18H,3-6,8,10H2,1H3. The summed E-state index contributed by atoms with van der Waals surface area (Å²) in [6.45, 7) is 1.25. The van der Waals surface area contributed by atoms with Gasteiger partial charge in [-0.2, -0.15) is 0 Å². The Labute approximate surface area is 126 Å². The summed E-state index contributed by atoms with van der Waals surface area (Å²) in [5.74, 6) is 2.01. The molecule has 0 aliphatic heterocycles. The van der Waals surface area contributed by atoms with Gasteiger partial charge < -0.3 is 5.32 Å². The number of pyridine rings is 1. The van der Waals surface area contributed by atoms with Crippen molar-refractivity contribution in [1.29, 1.82) is 0 Å². The first-order valence-corrected chi connectivity index (χ1v) is 9.17. The minimum atomic E-state index is -3.48. The first kappa shape index (κ1) is 14.9. The fourth-order valence-corrected chi connectivity index (χ4v) is 3.92. The summed E-state index contributed by atoms with van der Waals surface area (Å²) in [6.07, 6.45) is 6.67. The van der Waals surface area contributed by atoms with Crippen LogP contribution in [0.25, 0.3) is 0 Å². The normalized spacial score (nSPS) is 19.1. The lowest BCUT2D eigenvalue weighted by molar-refractivity contribution is 0.401. The molecule has 2 fully saturated rings. The first-order chi connectivity index (χ1) is 10.1. The number of hydrogen-bond donors (Lipinski definition) is 2. The second kappa shape index (κ2) is 6.02. The highest BCUT2D eigenvalue weighted by atomic mass is 32.2. The second-order valence-corrected chi connectivity index (χ2v) is 7.94. The predicted molar refractivity (Wildman–Crippen MR) is 81.1 cm³/mol. The molecule has 6 heteroatoms. The van der Waals surface area contributed by atoms with E-state index in [9.17, 15) is 8.42 Å². The topological polar surface area (TPSA) is 71.1 Å². The molecule has 2 aliphatic carbocycles. The molecule has 1 aromatic heterocycles. The molecule has 2 N–H and O–H groups in total. The zero-order valence-electron chi connectivity index (χ0n) is 12.4. The van der Waals surface area contributed by atoms with Crippen LogP contribution in [0.4, 0.5) is 0 Å². The summed E-state index contributed by atoms with van der Waals surface area (Å²) >= 11 is 0. The summed E-state index contributed by atoms with van der Waals surface area (Å²) in [4.78, 5) is 4.08. The van der Waals surface area contributed by atoms with E-state index in [1.165, 1.54) is 25.7 Å². The van der Waals surface area contributed by atoms with Crippen molar-refractivity contribution in [2.45, 2.75) is 37.3 Å². The maximum Gasteiger partial charge on any atom is 0.258 e. The molecule has 0 aromatic carbocycles. The Bertz CT molecular complexity index is 565. The van der Waals surface area contributed by atoms with E-state index in [2.05, 4.69) is 15.0 Å². The molecule has 0 amide bonds. The van der Waals surface area contributed by atoms with E-state index in [0.29, 0.717) is 19.0 Å². The lowest BCUT2D eigenvalue weighted by Gasteiger charge is -2.16. The van der Waals surface area contributed by atoms with Crippen LogP contribution in [0.1, 0.15) is 31.2 Å². The summed E-state index contributed by atoms with van der Waals surface area (Å²) in [7, 11) is -1.63. The van der Waals surface area contributed by atoms with E-state index in [4.69, 9.17) is 0 Å². The Morgan fingerprint density at radius 3 is 2.38 bits per heavy atom. The summed E-state index contributed by atoms with van der Waals surface area (Å²) in [5, 5.41) is 3.13. The smallest absolute Gasteiger partial charge is 0.258 e. The second-order valence-electron chi connectivity index (χ2n) is 6.23. The van der Waals surface area contributed by atoms with Gasteiger partial charge in [0.1, 0.15) is 0 Å². The average molecular weight is 309 g/mol. The molecular weight excluding hydrogens is 286 g/mol. The molecule has 1 heterocycles. The van der Waals surface area contributed by atoms with Gasteiger partial charge in [0.2, 0.25) is 0 Å². The van der Waals surface area contributed by atoms with Crippen molar-refractivity contribution in [2.75, 3.05) is 13.6 Å². The molecule has 0 bridgehead atoms. The van der Waals surface area contributed by atoms with Crippen molar-refractivity contribution in [3.63, 3.8) is 0 Å². The molecule has 0 spiro atoms. The van der Waals surface area contributed by atoms with Gasteiger partial charge in [0.25, 0.3) is 10.0 Å². The van der Waals surface area contributed by atoms with Gasteiger partial charge in [0.15, 0.2) is 5.03 Å². The Balaban J connectivity index is 1.62. The minimum absolute atomic E-state index is 0.118. The van der Waals surface area contributed by atoms with Gasteiger partial charge in [-0.05, 0) is 62.1 Å². The molecular formula is C15H23N3O2S. The minimum Gasteiger partial charge on any atom is -0.316 e. The van der Waals surface area contributed by atoms with Crippen LogP contribution in [0.5, 0.6) is 0 Å². The van der Waals surface area contributed by atoms with E-state index in [0.717, 1.165) is 17.4 Å². The number of hydrogen-bond acceptors (Lipinski definition) is 4. The third-order valence-corrected chi connectivity index (χ3v) is 5.76. The third-order valence-electron chi connectivity index (χ3n) is 4.42. The third kappa shape index (κ3) is 3.81. The molecule has 3 rings (SSSR count). The van der Waals surface area contributed by atoms with Crippen molar-refractivity contribution >= 4 is 10.0 Å². The summed E-state index contributed by atoms with van der Waals surface area (Å²) in [6, 6.07) is 3.38. The zero-order valence-corrected chi connectivity index (χ0v) is 13.2. The fourth-order valence-electron chi connectivity index (χ4n) is 2.93. The maximum absolute atomic E-state index is 12.3.